The van der Waals surface area contributed by atoms with E-state index in [0.29, 0.717) is 64.6 Å². The number of aliphatic hydroxyl groups is 1. The highest BCUT2D eigenvalue weighted by Gasteiger charge is 2.51. The lowest BCUT2D eigenvalue weighted by Gasteiger charge is -2.42. The van der Waals surface area contributed by atoms with Gasteiger partial charge in [-0.2, -0.15) is 0 Å². The zero-order valence-electron chi connectivity index (χ0n) is 38.9. The number of hydrogen-bond acceptors (Lipinski definition) is 10. The number of carboxylic acids is 1. The fourth-order valence-electron chi connectivity index (χ4n) is 9.65. The summed E-state index contributed by atoms with van der Waals surface area (Å²) in [5.74, 6) is -3.43. The van der Waals surface area contributed by atoms with Gasteiger partial charge >= 0.3 is 5.97 Å². The lowest BCUT2D eigenvalue weighted by atomic mass is 9.84. The molecule has 19 nitrogen and oxygen atoms in total. The Labute approximate surface area is 389 Å². The van der Waals surface area contributed by atoms with Crippen molar-refractivity contribution in [2.75, 3.05) is 26.2 Å². The van der Waals surface area contributed by atoms with Crippen molar-refractivity contribution < 1.29 is 43.8 Å². The molecule has 368 valence electrons. The van der Waals surface area contributed by atoms with Gasteiger partial charge in [0.25, 0.3) is 0 Å². The monoisotopic (exact) mass is 925 g/mol. The van der Waals surface area contributed by atoms with E-state index in [1.807, 2.05) is 24.3 Å². The van der Waals surface area contributed by atoms with E-state index in [2.05, 4.69) is 26.3 Å². The molecule has 66 heavy (non-hydrogen) atoms. The summed E-state index contributed by atoms with van der Waals surface area (Å²) < 4.78 is 0. The number of nitrogens with one attached hydrogen (secondary N) is 4. The Morgan fingerprint density at radius 1 is 0.773 bits per heavy atom. The minimum atomic E-state index is -1.25. The Morgan fingerprint density at radius 3 is 2.09 bits per heavy atom. The van der Waals surface area contributed by atoms with E-state index in [0.717, 1.165) is 81.8 Å². The number of hydrogen-bond donors (Lipinski definition) is 9. The van der Waals surface area contributed by atoms with E-state index >= 15 is 0 Å². The molecule has 3 aliphatic rings. The third-order valence-electron chi connectivity index (χ3n) is 13.1. The number of carbonyl (C=O) groups excluding carboxylic acids is 6. The molecule has 2 heterocycles. The van der Waals surface area contributed by atoms with Crippen LogP contribution in [0.4, 0.5) is 0 Å². The summed E-state index contributed by atoms with van der Waals surface area (Å²) in [5.41, 5.74) is 18.2. The molecule has 7 atom stereocenters. The summed E-state index contributed by atoms with van der Waals surface area (Å²) in [4.78, 5) is 98.9. The molecule has 0 spiro atoms. The van der Waals surface area contributed by atoms with Gasteiger partial charge in [0.2, 0.25) is 35.4 Å². The maximum Gasteiger partial charge on any atom is 0.326 e. The molecular weight excluding hydrogens is 849 g/mol. The first-order valence-corrected chi connectivity index (χ1v) is 24.2. The van der Waals surface area contributed by atoms with E-state index in [4.69, 9.17) is 17.2 Å². The van der Waals surface area contributed by atoms with Crippen LogP contribution in [0.25, 0.3) is 0 Å². The van der Waals surface area contributed by atoms with Crippen LogP contribution < -0.4 is 38.5 Å². The molecule has 1 aliphatic carbocycles. The fourth-order valence-corrected chi connectivity index (χ4v) is 9.65. The van der Waals surface area contributed by atoms with Crippen molar-refractivity contribution in [3.63, 3.8) is 0 Å². The number of aliphatic hydroxyl groups excluding tert-OH is 1. The number of fused-ring (bicyclic) bond motifs is 2. The third kappa shape index (κ3) is 16.5. The van der Waals surface area contributed by atoms with Crippen molar-refractivity contribution in [1.29, 1.82) is 0 Å². The van der Waals surface area contributed by atoms with Gasteiger partial charge in [-0.25, -0.2) is 4.79 Å². The first kappa shape index (κ1) is 53.3. The third-order valence-corrected chi connectivity index (χ3v) is 13.1. The molecule has 19 heteroatoms. The number of benzene rings is 1. The van der Waals surface area contributed by atoms with E-state index in [-0.39, 0.29) is 55.0 Å². The second-order valence-corrected chi connectivity index (χ2v) is 18.1. The lowest BCUT2D eigenvalue weighted by molar-refractivity contribution is -0.156. The number of carbonyl (C=O) groups is 7. The minimum absolute atomic E-state index is 0.0588. The number of nitrogens with zero attached hydrogens (tertiary/aromatic N) is 3. The maximum atomic E-state index is 14.4. The molecule has 6 amide bonds. The molecule has 0 aromatic heterocycles. The topological polar surface area (TPSA) is 305 Å². The Hall–Kier alpha value is -5.30. The Morgan fingerprint density at radius 2 is 1.42 bits per heavy atom. The van der Waals surface area contributed by atoms with Crippen LogP contribution in [0.15, 0.2) is 29.3 Å². The van der Waals surface area contributed by atoms with Crippen LogP contribution in [-0.4, -0.2) is 130 Å². The molecule has 1 saturated carbocycles. The summed E-state index contributed by atoms with van der Waals surface area (Å²) in [7, 11) is 0. The number of guanidine groups is 1. The van der Waals surface area contributed by atoms with Crippen molar-refractivity contribution in [3.05, 3.63) is 35.4 Å². The van der Waals surface area contributed by atoms with Gasteiger partial charge in [-0.05, 0) is 87.8 Å². The van der Waals surface area contributed by atoms with Gasteiger partial charge in [0, 0.05) is 45.4 Å². The van der Waals surface area contributed by atoms with Gasteiger partial charge in [-0.15, -0.1) is 0 Å². The van der Waals surface area contributed by atoms with E-state index in [1.54, 1.807) is 0 Å². The van der Waals surface area contributed by atoms with Gasteiger partial charge < -0.3 is 58.5 Å². The van der Waals surface area contributed by atoms with Crippen LogP contribution >= 0.6 is 0 Å². The van der Waals surface area contributed by atoms with Gasteiger partial charge in [0.15, 0.2) is 5.96 Å². The van der Waals surface area contributed by atoms with Crippen molar-refractivity contribution in [2.24, 2.45) is 28.1 Å². The zero-order chi connectivity index (χ0) is 48.0. The minimum Gasteiger partial charge on any atom is -0.480 e. The highest BCUT2D eigenvalue weighted by Crippen LogP contribution is 2.41. The molecule has 2 fully saturated rings. The summed E-state index contributed by atoms with van der Waals surface area (Å²) in [6.45, 7) is 2.00. The van der Waals surface area contributed by atoms with E-state index in [1.165, 1.54) is 16.7 Å². The predicted molar refractivity (Wildman–Crippen MR) is 249 cm³/mol. The predicted octanol–water partition coefficient (Wildman–Crippen LogP) is 1.46. The summed E-state index contributed by atoms with van der Waals surface area (Å²) >= 11 is 0. The zero-order valence-corrected chi connectivity index (χ0v) is 38.9. The molecule has 0 bridgehead atoms. The SMILES string of the molecule is CC(=O)N[C@@H](CCCCN)C(=O)N[C@@H](CCCN=C(N)N)C(=O)NCCCCCCCCCCC(=O)N[C@@H](CO)C(=O)N1Cc2ccccc2C[C@@H]1C(=O)N1C(C(=O)O)C[C@@H]2CCCC[C@@H]21. The molecule has 0 radical (unpaired) electrons. The Balaban J connectivity index is 1.17. The number of aliphatic imine (C=N–C) groups is 1. The molecule has 4 rings (SSSR count). The van der Waals surface area contributed by atoms with Crippen LogP contribution in [0.2, 0.25) is 0 Å². The average Bonchev–Trinajstić information content (AvgIpc) is 3.69. The quantitative estimate of drug-likeness (QED) is 0.0328. The number of rotatable bonds is 28. The number of likely N-dealkylation sites (tertiary alicyclic amines) is 1. The smallest absolute Gasteiger partial charge is 0.326 e. The molecule has 1 unspecified atom stereocenters. The summed E-state index contributed by atoms with van der Waals surface area (Å²) in [6, 6.07) is 2.56. The number of aliphatic carboxylic acids is 1. The van der Waals surface area contributed by atoms with E-state index in [9.17, 15) is 43.8 Å². The van der Waals surface area contributed by atoms with Gasteiger partial charge in [0.1, 0.15) is 30.2 Å². The van der Waals surface area contributed by atoms with Gasteiger partial charge in [0.05, 0.1) is 6.61 Å². The van der Waals surface area contributed by atoms with Crippen molar-refractivity contribution >= 4 is 47.4 Å². The van der Waals surface area contributed by atoms with Gasteiger partial charge in [-0.3, -0.25) is 33.8 Å². The van der Waals surface area contributed by atoms with Crippen LogP contribution in [-0.2, 0) is 46.5 Å². The van der Waals surface area contributed by atoms with Crippen LogP contribution in [0.3, 0.4) is 0 Å². The number of amides is 6. The van der Waals surface area contributed by atoms with Crippen molar-refractivity contribution in [1.82, 2.24) is 31.1 Å². The summed E-state index contributed by atoms with van der Waals surface area (Å²) in [6.07, 6.45) is 13.6. The number of unbranched alkanes of at least 4 members (excludes halogenated alkanes) is 8. The van der Waals surface area contributed by atoms with Gasteiger partial charge in [-0.1, -0.05) is 75.6 Å². The highest BCUT2D eigenvalue weighted by molar-refractivity contribution is 5.95. The second kappa shape index (κ2) is 28.0. The Kier molecular flexibility index (Phi) is 22.6. The number of carboxylic acid groups (broad SMARTS) is 1. The van der Waals surface area contributed by atoms with Crippen LogP contribution in [0.1, 0.15) is 140 Å². The first-order valence-electron chi connectivity index (χ1n) is 24.2. The van der Waals surface area contributed by atoms with Crippen LogP contribution in [0, 0.1) is 5.92 Å². The lowest BCUT2D eigenvalue weighted by Crippen LogP contribution is -2.61. The molecule has 1 aromatic rings. The second-order valence-electron chi connectivity index (χ2n) is 18.1. The fraction of sp³-hybridized carbons (Fsp3) is 0.702. The van der Waals surface area contributed by atoms with Crippen molar-refractivity contribution in [2.45, 2.75) is 178 Å². The van der Waals surface area contributed by atoms with E-state index < -0.39 is 60.5 Å². The van der Waals surface area contributed by atoms with Crippen molar-refractivity contribution in [3.8, 4) is 0 Å². The highest BCUT2D eigenvalue weighted by atomic mass is 16.4. The molecular formula is C47H76N10O9. The largest absolute Gasteiger partial charge is 0.480 e. The normalized spacial score (nSPS) is 20.2. The molecule has 2 aliphatic heterocycles. The summed E-state index contributed by atoms with van der Waals surface area (Å²) in [5, 5.41) is 31.6. The average molecular weight is 925 g/mol. The Bertz CT molecular complexity index is 1810. The molecule has 1 saturated heterocycles. The first-order chi connectivity index (χ1) is 31.7. The maximum absolute atomic E-state index is 14.4. The standard InChI is InChI=1S/C47H76N10O9/c1-31(59)53-36(20-13-14-24-48)43(62)55-35(21-16-26-52-47(49)50)42(61)51-25-15-7-5-3-2-4-6-8-23-41(60)54-37(30-58)44(63)56-29-34-19-10-9-17-32(34)27-39(56)45(64)57-38-22-12-11-18-33(38)28-40(57)46(65)66/h9-10,17,19,33,35-40,58H,2-8,11-16,18,20-30,48H2,1H3,(H,51,61)(H,53,59)(H,54,60)(H,55,62)(H,65,66)(H4,49,50,52)/t33-,35-,36-,37-,38-,39+,40?/m0/s1. The molecule has 1 aromatic carbocycles. The molecule has 12 N–H and O–H groups in total. The number of nitrogens with two attached hydrogens (primary N) is 3. The van der Waals surface area contributed by atoms with Crippen LogP contribution in [0.5, 0.6) is 0 Å².